The van der Waals surface area contributed by atoms with E-state index in [9.17, 15) is 4.79 Å². The molecule has 0 radical (unpaired) electrons. The van der Waals surface area contributed by atoms with E-state index in [0.717, 1.165) is 38.0 Å². The van der Waals surface area contributed by atoms with Gasteiger partial charge in [-0.15, -0.1) is 0 Å². The lowest BCUT2D eigenvalue weighted by atomic mass is 10.0. The molecule has 0 saturated carbocycles. The van der Waals surface area contributed by atoms with E-state index < -0.39 is 0 Å². The lowest BCUT2D eigenvalue weighted by Gasteiger charge is -2.14. The molecule has 2 heterocycles. The Bertz CT molecular complexity index is 964. The minimum atomic E-state index is -0.0197. The van der Waals surface area contributed by atoms with Gasteiger partial charge in [-0.1, -0.05) is 35.8 Å². The number of anilines is 1. The van der Waals surface area contributed by atoms with Crippen LogP contribution in [-0.2, 0) is 6.42 Å². The highest BCUT2D eigenvalue weighted by Crippen LogP contribution is 2.32. The molecule has 142 valence electrons. The van der Waals surface area contributed by atoms with Crippen LogP contribution in [0.2, 0.25) is 0 Å². The quantitative estimate of drug-likeness (QED) is 0.640. The maximum Gasteiger partial charge on any atom is 0.251 e. The van der Waals surface area contributed by atoms with E-state index in [0.29, 0.717) is 12.1 Å². The second kappa shape index (κ2) is 8.33. The molecule has 0 atom stereocenters. The highest BCUT2D eigenvalue weighted by molar-refractivity contribution is 5.94. The Kier molecular flexibility index (Phi) is 5.45. The molecule has 0 unspecified atom stereocenters. The number of hydrogen-bond acceptors (Lipinski definition) is 3. The molecule has 0 bridgehead atoms. The van der Waals surface area contributed by atoms with Crippen LogP contribution < -0.4 is 15.5 Å². The Morgan fingerprint density at radius 3 is 2.71 bits per heavy atom. The summed E-state index contributed by atoms with van der Waals surface area (Å²) in [5.41, 5.74) is 6.84. The smallest absolute Gasteiger partial charge is 0.251 e. The number of rotatable bonds is 4. The lowest BCUT2D eigenvalue weighted by Crippen LogP contribution is -2.29. The first-order chi connectivity index (χ1) is 13.7. The topological polar surface area (TPSA) is 44.4 Å². The predicted molar refractivity (Wildman–Crippen MR) is 114 cm³/mol. The van der Waals surface area contributed by atoms with Gasteiger partial charge >= 0.3 is 0 Å². The Balaban J connectivity index is 1.44. The van der Waals surface area contributed by atoms with Gasteiger partial charge in [0.2, 0.25) is 0 Å². The summed E-state index contributed by atoms with van der Waals surface area (Å²) in [6.07, 6.45) is 4.18. The second-order valence-electron chi connectivity index (χ2n) is 7.18. The SMILES string of the molecule is CC#CN1CCc2cc(-c3ccc(C(=O)NCC4=CCNCC4)cc3)ccc21. The Hall–Kier alpha value is -3.03. The molecule has 2 aliphatic heterocycles. The molecule has 2 aromatic rings. The molecule has 4 nitrogen and oxygen atoms in total. The summed E-state index contributed by atoms with van der Waals surface area (Å²) in [5.74, 6) is 2.96. The summed E-state index contributed by atoms with van der Waals surface area (Å²) in [6, 6.07) is 17.5. The molecule has 0 saturated heterocycles. The molecule has 1 amide bonds. The van der Waals surface area contributed by atoms with Gasteiger partial charge in [-0.05, 0) is 67.3 Å². The van der Waals surface area contributed by atoms with E-state index >= 15 is 0 Å². The number of carbonyl (C=O) groups is 1. The van der Waals surface area contributed by atoms with Crippen molar-refractivity contribution in [2.45, 2.75) is 19.8 Å². The molecular formula is C24H25N3O. The number of nitrogens with one attached hydrogen (secondary N) is 2. The third-order valence-electron chi connectivity index (χ3n) is 5.34. The highest BCUT2D eigenvalue weighted by Gasteiger charge is 2.18. The van der Waals surface area contributed by atoms with Crippen molar-refractivity contribution >= 4 is 11.6 Å². The van der Waals surface area contributed by atoms with Crippen molar-refractivity contribution in [3.63, 3.8) is 0 Å². The lowest BCUT2D eigenvalue weighted by molar-refractivity contribution is 0.0956. The number of fused-ring (bicyclic) bond motifs is 1. The summed E-state index contributed by atoms with van der Waals surface area (Å²) >= 11 is 0. The van der Waals surface area contributed by atoms with Crippen molar-refractivity contribution in [3.05, 3.63) is 65.2 Å². The summed E-state index contributed by atoms with van der Waals surface area (Å²) in [6.45, 7) is 5.33. The first kappa shape index (κ1) is 18.3. The average molecular weight is 371 g/mol. The van der Waals surface area contributed by atoms with E-state index in [4.69, 9.17) is 0 Å². The van der Waals surface area contributed by atoms with Gasteiger partial charge in [-0.3, -0.25) is 4.79 Å². The van der Waals surface area contributed by atoms with Gasteiger partial charge in [0.05, 0.1) is 5.69 Å². The van der Waals surface area contributed by atoms with Crippen molar-refractivity contribution in [2.24, 2.45) is 0 Å². The maximum atomic E-state index is 12.4. The van der Waals surface area contributed by atoms with Crippen LogP contribution in [0, 0.1) is 12.0 Å². The largest absolute Gasteiger partial charge is 0.348 e. The van der Waals surface area contributed by atoms with Crippen LogP contribution in [0.3, 0.4) is 0 Å². The number of carbonyl (C=O) groups excluding carboxylic acids is 1. The van der Waals surface area contributed by atoms with Gasteiger partial charge in [0, 0.05) is 31.2 Å². The molecule has 28 heavy (non-hydrogen) atoms. The molecule has 0 fully saturated rings. The van der Waals surface area contributed by atoms with Crippen LogP contribution in [-0.4, -0.2) is 32.1 Å². The standard InChI is InChI=1S/C24H25N3O/c1-2-14-27-15-11-22-16-21(7-8-23(22)27)19-3-5-20(6-4-19)24(28)26-17-18-9-12-25-13-10-18/h3-9,16,25H,10-13,15,17H2,1H3,(H,26,28). The van der Waals surface area contributed by atoms with E-state index in [2.05, 4.69) is 51.8 Å². The number of amides is 1. The van der Waals surface area contributed by atoms with E-state index in [1.165, 1.54) is 22.4 Å². The minimum absolute atomic E-state index is 0.0197. The first-order valence-corrected chi connectivity index (χ1v) is 9.85. The average Bonchev–Trinajstić information content (AvgIpc) is 3.15. The van der Waals surface area contributed by atoms with Crippen molar-refractivity contribution < 1.29 is 4.79 Å². The fourth-order valence-electron chi connectivity index (χ4n) is 3.77. The van der Waals surface area contributed by atoms with Crippen molar-refractivity contribution in [3.8, 4) is 23.1 Å². The second-order valence-corrected chi connectivity index (χ2v) is 7.18. The number of hydrogen-bond donors (Lipinski definition) is 2. The van der Waals surface area contributed by atoms with E-state index in [1.54, 1.807) is 0 Å². The van der Waals surface area contributed by atoms with Crippen LogP contribution in [0.5, 0.6) is 0 Å². The third-order valence-corrected chi connectivity index (χ3v) is 5.34. The van der Waals surface area contributed by atoms with Crippen molar-refractivity contribution in [1.29, 1.82) is 0 Å². The summed E-state index contributed by atoms with van der Waals surface area (Å²) in [5, 5.41) is 6.31. The van der Waals surface area contributed by atoms with Gasteiger partial charge in [0.1, 0.15) is 0 Å². The van der Waals surface area contributed by atoms with Gasteiger partial charge < -0.3 is 15.5 Å². The third kappa shape index (κ3) is 3.95. The normalized spacial score (nSPS) is 15.3. The monoisotopic (exact) mass is 371 g/mol. The predicted octanol–water partition coefficient (Wildman–Crippen LogP) is 3.35. The zero-order chi connectivity index (χ0) is 19.3. The van der Waals surface area contributed by atoms with E-state index in [-0.39, 0.29) is 5.91 Å². The molecule has 4 heteroatoms. The minimum Gasteiger partial charge on any atom is -0.348 e. The molecule has 0 spiro atoms. The fraction of sp³-hybridized carbons (Fsp3) is 0.292. The molecule has 2 aliphatic rings. The van der Waals surface area contributed by atoms with E-state index in [1.807, 2.05) is 31.2 Å². The van der Waals surface area contributed by atoms with Crippen molar-refractivity contribution in [2.75, 3.05) is 31.1 Å². The van der Waals surface area contributed by atoms with Gasteiger partial charge in [-0.25, -0.2) is 0 Å². The molecular weight excluding hydrogens is 346 g/mol. The fourth-order valence-corrected chi connectivity index (χ4v) is 3.77. The van der Waals surface area contributed by atoms with Crippen molar-refractivity contribution in [1.82, 2.24) is 10.6 Å². The van der Waals surface area contributed by atoms with Gasteiger partial charge in [0.15, 0.2) is 0 Å². The summed E-state index contributed by atoms with van der Waals surface area (Å²) in [4.78, 5) is 14.5. The van der Waals surface area contributed by atoms with Crippen LogP contribution in [0.1, 0.15) is 29.3 Å². The Labute approximate surface area is 166 Å². The van der Waals surface area contributed by atoms with Crippen LogP contribution in [0.4, 0.5) is 5.69 Å². The Morgan fingerprint density at radius 1 is 1.14 bits per heavy atom. The molecule has 0 aromatic heterocycles. The van der Waals surface area contributed by atoms with Crippen LogP contribution >= 0.6 is 0 Å². The Morgan fingerprint density at radius 2 is 1.96 bits per heavy atom. The summed E-state index contributed by atoms with van der Waals surface area (Å²) < 4.78 is 0. The van der Waals surface area contributed by atoms with Gasteiger partial charge in [0.25, 0.3) is 5.91 Å². The first-order valence-electron chi connectivity index (χ1n) is 9.85. The van der Waals surface area contributed by atoms with Crippen LogP contribution in [0.25, 0.3) is 11.1 Å². The number of nitrogens with zero attached hydrogens (tertiary/aromatic N) is 1. The zero-order valence-corrected chi connectivity index (χ0v) is 16.2. The molecule has 0 aliphatic carbocycles. The van der Waals surface area contributed by atoms with Crippen LogP contribution in [0.15, 0.2) is 54.1 Å². The molecule has 4 rings (SSSR count). The molecule has 2 aromatic carbocycles. The number of benzene rings is 2. The zero-order valence-electron chi connectivity index (χ0n) is 16.2. The molecule has 2 N–H and O–H groups in total. The highest BCUT2D eigenvalue weighted by atomic mass is 16.1. The maximum absolute atomic E-state index is 12.4. The van der Waals surface area contributed by atoms with Gasteiger partial charge in [-0.2, -0.15) is 0 Å². The summed E-state index contributed by atoms with van der Waals surface area (Å²) in [7, 11) is 0.